The first-order valence-electron chi connectivity index (χ1n) is 11.1. The molecule has 1 aromatic heterocycles. The molecule has 2 aromatic carbocycles. The molecular formula is C24H27FN4O2S. The molecule has 0 bridgehead atoms. The number of methoxy groups -OCH3 is 1. The Hall–Kier alpha value is -2.87. The summed E-state index contributed by atoms with van der Waals surface area (Å²) >= 11 is 1.66. The first-order valence-corrected chi connectivity index (χ1v) is 11.9. The fourth-order valence-corrected chi connectivity index (χ4v) is 5.63. The van der Waals surface area contributed by atoms with E-state index in [1.165, 1.54) is 12.1 Å². The lowest BCUT2D eigenvalue weighted by molar-refractivity contribution is -0.136. The number of piperidine rings is 1. The molecule has 0 radical (unpaired) electrons. The summed E-state index contributed by atoms with van der Waals surface area (Å²) in [4.78, 5) is 24.5. The second-order valence-corrected chi connectivity index (χ2v) is 9.41. The Morgan fingerprint density at radius 1 is 1.06 bits per heavy atom. The van der Waals surface area contributed by atoms with Crippen LogP contribution in [0.15, 0.2) is 42.5 Å². The summed E-state index contributed by atoms with van der Waals surface area (Å²) in [6.45, 7) is 4.59. The molecule has 6 nitrogen and oxygen atoms in total. The molecule has 0 saturated carbocycles. The molecule has 5 rings (SSSR count). The average molecular weight is 455 g/mol. The van der Waals surface area contributed by atoms with Gasteiger partial charge in [0.25, 0.3) is 0 Å². The molecule has 0 aliphatic carbocycles. The predicted octanol–water partition coefficient (Wildman–Crippen LogP) is 4.01. The van der Waals surface area contributed by atoms with Gasteiger partial charge in [-0.2, -0.15) is 0 Å². The highest BCUT2D eigenvalue weighted by molar-refractivity contribution is 7.22. The zero-order chi connectivity index (χ0) is 22.1. The zero-order valence-corrected chi connectivity index (χ0v) is 19.0. The number of fused-ring (bicyclic) bond motifs is 1. The van der Waals surface area contributed by atoms with Gasteiger partial charge in [0.1, 0.15) is 11.6 Å². The van der Waals surface area contributed by atoms with Crippen LogP contribution in [0.3, 0.4) is 0 Å². The Morgan fingerprint density at radius 2 is 1.84 bits per heavy atom. The van der Waals surface area contributed by atoms with Gasteiger partial charge in [-0.3, -0.25) is 4.79 Å². The van der Waals surface area contributed by atoms with Crippen LogP contribution >= 0.6 is 11.3 Å². The molecule has 2 aliphatic heterocycles. The number of anilines is 2. The van der Waals surface area contributed by atoms with E-state index in [9.17, 15) is 9.18 Å². The summed E-state index contributed by atoms with van der Waals surface area (Å²) in [6.07, 6.45) is 1.91. The third-order valence-corrected chi connectivity index (χ3v) is 7.49. The summed E-state index contributed by atoms with van der Waals surface area (Å²) in [5.74, 6) is 0.856. The van der Waals surface area contributed by atoms with E-state index in [-0.39, 0.29) is 17.6 Å². The molecule has 3 aromatic rings. The maximum absolute atomic E-state index is 13.3. The number of carbonyl (C=O) groups is 1. The second-order valence-electron chi connectivity index (χ2n) is 8.40. The first kappa shape index (κ1) is 21.0. The van der Waals surface area contributed by atoms with Crippen molar-refractivity contribution in [2.75, 3.05) is 56.2 Å². The minimum Gasteiger partial charge on any atom is -0.497 e. The number of carbonyl (C=O) groups excluding carboxylic acids is 1. The lowest BCUT2D eigenvalue weighted by atomic mass is 9.96. The van der Waals surface area contributed by atoms with Gasteiger partial charge in [-0.05, 0) is 55.3 Å². The van der Waals surface area contributed by atoms with E-state index in [1.807, 2.05) is 23.1 Å². The lowest BCUT2D eigenvalue weighted by Crippen LogP contribution is -2.52. The van der Waals surface area contributed by atoms with Crippen molar-refractivity contribution in [3.8, 4) is 5.75 Å². The van der Waals surface area contributed by atoms with Crippen LogP contribution in [0.25, 0.3) is 10.2 Å². The molecule has 168 valence electrons. The minimum atomic E-state index is -0.225. The summed E-state index contributed by atoms with van der Waals surface area (Å²) < 4.78 is 19.6. The predicted molar refractivity (Wildman–Crippen MR) is 126 cm³/mol. The van der Waals surface area contributed by atoms with Gasteiger partial charge in [-0.25, -0.2) is 9.37 Å². The van der Waals surface area contributed by atoms with E-state index >= 15 is 0 Å². The lowest BCUT2D eigenvalue weighted by Gasteiger charge is -2.39. The van der Waals surface area contributed by atoms with Crippen molar-refractivity contribution in [1.82, 2.24) is 9.88 Å². The fourth-order valence-electron chi connectivity index (χ4n) is 4.60. The van der Waals surface area contributed by atoms with Crippen molar-refractivity contribution in [2.45, 2.75) is 12.8 Å². The quantitative estimate of drug-likeness (QED) is 0.596. The number of halogens is 1. The van der Waals surface area contributed by atoms with Gasteiger partial charge >= 0.3 is 0 Å². The molecule has 2 aliphatic rings. The van der Waals surface area contributed by atoms with Crippen LogP contribution in [0.1, 0.15) is 12.8 Å². The summed E-state index contributed by atoms with van der Waals surface area (Å²) in [5, 5.41) is 0.979. The first-order chi connectivity index (χ1) is 15.6. The Labute approximate surface area is 191 Å². The highest BCUT2D eigenvalue weighted by Crippen LogP contribution is 2.34. The Balaban J connectivity index is 1.22. The van der Waals surface area contributed by atoms with Gasteiger partial charge < -0.3 is 19.4 Å². The number of piperazine rings is 1. The Kier molecular flexibility index (Phi) is 5.87. The van der Waals surface area contributed by atoms with Crippen molar-refractivity contribution < 1.29 is 13.9 Å². The number of ether oxygens (including phenoxy) is 1. The molecule has 32 heavy (non-hydrogen) atoms. The summed E-state index contributed by atoms with van der Waals surface area (Å²) in [5.41, 5.74) is 1.98. The fraction of sp³-hybridized carbons (Fsp3) is 0.417. The number of aromatic nitrogens is 1. The smallest absolute Gasteiger partial charge is 0.227 e. The van der Waals surface area contributed by atoms with Gasteiger partial charge in [-0.15, -0.1) is 0 Å². The number of amides is 1. The molecule has 8 heteroatoms. The van der Waals surface area contributed by atoms with E-state index in [0.29, 0.717) is 19.6 Å². The van der Waals surface area contributed by atoms with Crippen LogP contribution in [0, 0.1) is 11.7 Å². The molecule has 0 spiro atoms. The molecule has 3 heterocycles. The SMILES string of the molecule is COc1ccc2nc(N3CCCC(C(=O)N4CCN(c5ccc(F)cc5)CC4)C3)sc2c1. The molecule has 1 unspecified atom stereocenters. The molecule has 1 atom stereocenters. The van der Waals surface area contributed by atoms with Crippen LogP contribution in [0.2, 0.25) is 0 Å². The summed E-state index contributed by atoms with van der Waals surface area (Å²) in [7, 11) is 1.67. The molecule has 2 fully saturated rings. The standard InChI is InChI=1S/C24H27FN4O2S/c1-31-20-8-9-21-22(15-20)32-24(26-21)29-10-2-3-17(16-29)23(30)28-13-11-27(12-14-28)19-6-4-18(25)5-7-19/h4-9,15,17H,2-3,10-14,16H2,1H3. The molecule has 2 saturated heterocycles. The van der Waals surface area contributed by atoms with E-state index < -0.39 is 0 Å². The number of nitrogens with zero attached hydrogens (tertiary/aromatic N) is 4. The van der Waals surface area contributed by atoms with Gasteiger partial charge in [0.05, 0.1) is 23.2 Å². The Morgan fingerprint density at radius 3 is 2.59 bits per heavy atom. The Bertz CT molecular complexity index is 1100. The van der Waals surface area contributed by atoms with Crippen LogP contribution in [-0.4, -0.2) is 62.2 Å². The van der Waals surface area contributed by atoms with Gasteiger partial charge in [-0.1, -0.05) is 11.3 Å². The van der Waals surface area contributed by atoms with E-state index in [1.54, 1.807) is 30.6 Å². The number of thiazole rings is 1. The molecule has 0 N–H and O–H groups in total. The zero-order valence-electron chi connectivity index (χ0n) is 18.2. The number of benzene rings is 2. The van der Waals surface area contributed by atoms with E-state index in [2.05, 4.69) is 9.80 Å². The number of hydrogen-bond donors (Lipinski definition) is 0. The maximum Gasteiger partial charge on any atom is 0.227 e. The van der Waals surface area contributed by atoms with Crippen molar-refractivity contribution >= 4 is 38.3 Å². The largest absolute Gasteiger partial charge is 0.497 e. The highest BCUT2D eigenvalue weighted by Gasteiger charge is 2.32. The van der Waals surface area contributed by atoms with Gasteiger partial charge in [0.15, 0.2) is 5.13 Å². The maximum atomic E-state index is 13.3. The monoisotopic (exact) mass is 454 g/mol. The molecule has 1 amide bonds. The number of hydrogen-bond acceptors (Lipinski definition) is 6. The van der Waals surface area contributed by atoms with Gasteiger partial charge in [0, 0.05) is 45.0 Å². The van der Waals surface area contributed by atoms with Gasteiger partial charge in [0.2, 0.25) is 5.91 Å². The topological polar surface area (TPSA) is 48.9 Å². The van der Waals surface area contributed by atoms with Crippen molar-refractivity contribution in [3.63, 3.8) is 0 Å². The number of rotatable bonds is 4. The van der Waals surface area contributed by atoms with Crippen LogP contribution in [0.4, 0.5) is 15.2 Å². The molecular weight excluding hydrogens is 427 g/mol. The van der Waals surface area contributed by atoms with Crippen molar-refractivity contribution in [2.24, 2.45) is 5.92 Å². The van der Waals surface area contributed by atoms with Crippen LogP contribution in [-0.2, 0) is 4.79 Å². The normalized spacial score (nSPS) is 19.4. The third-order valence-electron chi connectivity index (χ3n) is 6.41. The minimum absolute atomic E-state index is 0.00247. The third kappa shape index (κ3) is 4.24. The van der Waals surface area contributed by atoms with Crippen molar-refractivity contribution in [1.29, 1.82) is 0 Å². The highest BCUT2D eigenvalue weighted by atomic mass is 32.1. The van der Waals surface area contributed by atoms with Crippen LogP contribution < -0.4 is 14.5 Å². The second kappa shape index (κ2) is 8.94. The van der Waals surface area contributed by atoms with E-state index in [4.69, 9.17) is 9.72 Å². The summed E-state index contributed by atoms with van der Waals surface area (Å²) in [6, 6.07) is 12.5. The van der Waals surface area contributed by atoms with E-state index in [0.717, 1.165) is 59.3 Å². The van der Waals surface area contributed by atoms with Crippen molar-refractivity contribution in [3.05, 3.63) is 48.3 Å². The average Bonchev–Trinajstić information content (AvgIpc) is 3.28. The van der Waals surface area contributed by atoms with Crippen LogP contribution in [0.5, 0.6) is 5.75 Å².